The molecule has 0 spiro atoms. The van der Waals surface area contributed by atoms with E-state index in [0.717, 1.165) is 5.56 Å². The van der Waals surface area contributed by atoms with Crippen LogP contribution in [0.4, 0.5) is 0 Å². The highest BCUT2D eigenvalue weighted by Crippen LogP contribution is 2.11. The molecule has 0 bridgehead atoms. The van der Waals surface area contributed by atoms with Crippen molar-refractivity contribution in [3.8, 4) is 0 Å². The van der Waals surface area contributed by atoms with E-state index >= 15 is 0 Å². The van der Waals surface area contributed by atoms with Crippen LogP contribution < -0.4 is 5.73 Å². The third-order valence-corrected chi connectivity index (χ3v) is 1.40. The van der Waals surface area contributed by atoms with Gasteiger partial charge in [0.2, 0.25) is 0 Å². The van der Waals surface area contributed by atoms with E-state index in [0.29, 0.717) is 0 Å². The van der Waals surface area contributed by atoms with Crippen LogP contribution in [0, 0.1) is 0 Å². The molecule has 10 heavy (non-hydrogen) atoms. The van der Waals surface area contributed by atoms with E-state index in [4.69, 9.17) is 13.6 Å². The zero-order valence-electron chi connectivity index (χ0n) is 6.04. The van der Waals surface area contributed by atoms with Gasteiger partial charge in [0, 0.05) is 0 Å². The molecule has 1 aromatic rings. The molecule has 0 amide bonds. The molecule has 0 aliphatic rings. The standard InChI is InChI=1S/C8H10BN/c1-8(9,10)7-5-3-2-4-6-7/h2-6H,10H2,1H3. The second kappa shape index (κ2) is 2.47. The van der Waals surface area contributed by atoms with Gasteiger partial charge >= 0.3 is 0 Å². The highest BCUT2D eigenvalue weighted by atomic mass is 14.7. The third kappa shape index (κ3) is 1.61. The Bertz CT molecular complexity index is 200. The lowest BCUT2D eigenvalue weighted by molar-refractivity contribution is 0.719. The summed E-state index contributed by atoms with van der Waals surface area (Å²) in [6.07, 6.45) is 0. The largest absolute Gasteiger partial charge is 0.329 e. The summed E-state index contributed by atoms with van der Waals surface area (Å²) in [6, 6.07) is 9.62. The maximum absolute atomic E-state index is 5.63. The molecular formula is C8H10BN. The first kappa shape index (κ1) is 7.35. The van der Waals surface area contributed by atoms with Gasteiger partial charge in [0.1, 0.15) is 7.85 Å². The van der Waals surface area contributed by atoms with Gasteiger partial charge < -0.3 is 5.73 Å². The maximum atomic E-state index is 5.63. The molecule has 1 aromatic carbocycles. The molecule has 0 aliphatic heterocycles. The maximum Gasteiger partial charge on any atom is 0.101 e. The average molecular weight is 131 g/mol. The topological polar surface area (TPSA) is 26.0 Å². The number of hydrogen-bond donors (Lipinski definition) is 1. The Labute approximate surface area is 62.7 Å². The molecule has 50 valence electrons. The molecule has 2 radical (unpaired) electrons. The van der Waals surface area contributed by atoms with Crippen LogP contribution in [0.3, 0.4) is 0 Å². The molecule has 0 aliphatic carbocycles. The number of nitrogens with two attached hydrogens (primary N) is 1. The average Bonchev–Trinajstić information content (AvgIpc) is 1.88. The summed E-state index contributed by atoms with van der Waals surface area (Å²) in [5, 5.41) is 0. The predicted molar refractivity (Wildman–Crippen MR) is 43.7 cm³/mol. The van der Waals surface area contributed by atoms with Crippen LogP contribution in [-0.2, 0) is 5.44 Å². The van der Waals surface area contributed by atoms with Crippen LogP contribution in [0.15, 0.2) is 30.3 Å². The predicted octanol–water partition coefficient (Wildman–Crippen LogP) is 0.987. The minimum absolute atomic E-state index is 0.707. The van der Waals surface area contributed by atoms with Crippen LogP contribution in [0.2, 0.25) is 0 Å². The van der Waals surface area contributed by atoms with Gasteiger partial charge in [-0.1, -0.05) is 37.3 Å². The Hall–Kier alpha value is -0.755. The second-order valence-corrected chi connectivity index (χ2v) is 2.65. The minimum atomic E-state index is -0.707. The highest BCUT2D eigenvalue weighted by Gasteiger charge is 2.11. The fourth-order valence-corrected chi connectivity index (χ4v) is 0.797. The summed E-state index contributed by atoms with van der Waals surface area (Å²) in [5.74, 6) is 0. The molecule has 1 nitrogen and oxygen atoms in total. The molecule has 0 fully saturated rings. The van der Waals surface area contributed by atoms with Crippen molar-refractivity contribution in [2.75, 3.05) is 0 Å². The quantitative estimate of drug-likeness (QED) is 0.565. The van der Waals surface area contributed by atoms with Crippen LogP contribution in [0.1, 0.15) is 12.5 Å². The molecule has 0 aromatic heterocycles. The van der Waals surface area contributed by atoms with Crippen molar-refractivity contribution >= 4 is 7.85 Å². The molecule has 2 N–H and O–H groups in total. The Balaban J connectivity index is 2.97. The van der Waals surface area contributed by atoms with E-state index in [-0.39, 0.29) is 0 Å². The summed E-state index contributed by atoms with van der Waals surface area (Å²) >= 11 is 0. The van der Waals surface area contributed by atoms with Crippen molar-refractivity contribution < 1.29 is 0 Å². The molecule has 1 unspecified atom stereocenters. The van der Waals surface area contributed by atoms with Crippen molar-refractivity contribution in [3.63, 3.8) is 0 Å². The van der Waals surface area contributed by atoms with Crippen LogP contribution in [-0.4, -0.2) is 7.85 Å². The van der Waals surface area contributed by atoms with E-state index in [1.165, 1.54) is 0 Å². The monoisotopic (exact) mass is 131 g/mol. The lowest BCUT2D eigenvalue weighted by atomic mass is 9.75. The summed E-state index contributed by atoms with van der Waals surface area (Å²) in [5.41, 5.74) is 5.88. The van der Waals surface area contributed by atoms with Crippen molar-refractivity contribution in [2.24, 2.45) is 5.73 Å². The normalized spacial score (nSPS) is 16.2. The Kier molecular flexibility index (Phi) is 1.81. The highest BCUT2D eigenvalue weighted by molar-refractivity contribution is 6.15. The summed E-state index contributed by atoms with van der Waals surface area (Å²) in [6.45, 7) is 1.78. The van der Waals surface area contributed by atoms with Crippen molar-refractivity contribution in [3.05, 3.63) is 35.9 Å². The smallest absolute Gasteiger partial charge is 0.101 e. The van der Waals surface area contributed by atoms with Gasteiger partial charge in [-0.25, -0.2) is 0 Å². The molecule has 0 heterocycles. The van der Waals surface area contributed by atoms with Gasteiger partial charge in [0.15, 0.2) is 0 Å². The Morgan fingerprint density at radius 2 is 1.80 bits per heavy atom. The fourth-order valence-electron chi connectivity index (χ4n) is 0.797. The first-order chi connectivity index (χ1) is 4.61. The van der Waals surface area contributed by atoms with E-state index in [2.05, 4.69) is 0 Å². The summed E-state index contributed by atoms with van der Waals surface area (Å²) < 4.78 is 0. The first-order valence-electron chi connectivity index (χ1n) is 3.24. The van der Waals surface area contributed by atoms with Crippen molar-refractivity contribution in [1.82, 2.24) is 0 Å². The molecule has 0 saturated carbocycles. The van der Waals surface area contributed by atoms with Crippen LogP contribution in [0.5, 0.6) is 0 Å². The lowest BCUT2D eigenvalue weighted by Gasteiger charge is -2.18. The van der Waals surface area contributed by atoms with E-state index in [9.17, 15) is 0 Å². The van der Waals surface area contributed by atoms with Gasteiger partial charge in [0.05, 0.1) is 0 Å². The second-order valence-electron chi connectivity index (χ2n) is 2.65. The van der Waals surface area contributed by atoms with Gasteiger partial charge in [-0.3, -0.25) is 0 Å². The molecular weight excluding hydrogens is 121 g/mol. The number of rotatable bonds is 1. The van der Waals surface area contributed by atoms with Crippen molar-refractivity contribution in [1.29, 1.82) is 0 Å². The summed E-state index contributed by atoms with van der Waals surface area (Å²) in [4.78, 5) is 0. The SMILES string of the molecule is [B]C(C)(N)c1ccccc1. The zero-order chi connectivity index (χ0) is 7.61. The van der Waals surface area contributed by atoms with Crippen LogP contribution in [0.25, 0.3) is 0 Å². The minimum Gasteiger partial charge on any atom is -0.329 e. The first-order valence-corrected chi connectivity index (χ1v) is 3.24. The van der Waals surface area contributed by atoms with E-state index in [1.54, 1.807) is 6.92 Å². The van der Waals surface area contributed by atoms with Crippen molar-refractivity contribution in [2.45, 2.75) is 12.4 Å². The molecule has 1 atom stereocenters. The third-order valence-electron chi connectivity index (χ3n) is 1.40. The van der Waals surface area contributed by atoms with E-state index < -0.39 is 5.44 Å². The molecule has 0 saturated heterocycles. The molecule has 1 rings (SSSR count). The Morgan fingerprint density at radius 1 is 1.30 bits per heavy atom. The van der Waals surface area contributed by atoms with Gasteiger partial charge in [-0.15, -0.1) is 0 Å². The van der Waals surface area contributed by atoms with Gasteiger partial charge in [-0.2, -0.15) is 0 Å². The summed E-state index contributed by atoms with van der Waals surface area (Å²) in [7, 11) is 5.63. The van der Waals surface area contributed by atoms with Gasteiger partial charge in [-0.05, 0) is 11.0 Å². The number of benzene rings is 1. The van der Waals surface area contributed by atoms with E-state index in [1.807, 2.05) is 30.3 Å². The Morgan fingerprint density at radius 3 is 2.10 bits per heavy atom. The lowest BCUT2D eigenvalue weighted by Crippen LogP contribution is -2.32. The van der Waals surface area contributed by atoms with Gasteiger partial charge in [0.25, 0.3) is 0 Å². The number of hydrogen-bond acceptors (Lipinski definition) is 1. The fraction of sp³-hybridized carbons (Fsp3) is 0.250. The van der Waals surface area contributed by atoms with Crippen LogP contribution >= 0.6 is 0 Å². The zero-order valence-corrected chi connectivity index (χ0v) is 6.04. The molecule has 2 heteroatoms.